The molecule has 7 rings (SSSR count). The van der Waals surface area contributed by atoms with Crippen LogP contribution in [-0.2, 0) is 4.79 Å². The lowest BCUT2D eigenvalue weighted by atomic mass is 10.0. The van der Waals surface area contributed by atoms with Crippen molar-refractivity contribution in [2.45, 2.75) is 121 Å². The topological polar surface area (TPSA) is 141 Å². The number of rotatable bonds is 25. The lowest BCUT2D eigenvalue weighted by Crippen LogP contribution is -2.33. The molecule has 1 heterocycles. The average molecular weight is 1030 g/mol. The number of carbonyl (C=O) groups is 3. The highest BCUT2D eigenvalue weighted by molar-refractivity contribution is 7.99. The van der Waals surface area contributed by atoms with E-state index in [4.69, 9.17) is 21.7 Å². The second-order valence-electron chi connectivity index (χ2n) is 18.6. The maximum atomic E-state index is 13.2. The third-order valence-electron chi connectivity index (χ3n) is 12.8. The molecule has 0 bridgehead atoms. The first-order valence-corrected chi connectivity index (χ1v) is 27.0. The molecular weight excluding hydrogens is 953 g/mol. The van der Waals surface area contributed by atoms with Crippen LogP contribution in [0.5, 0.6) is 23.0 Å². The summed E-state index contributed by atoms with van der Waals surface area (Å²) in [5.41, 5.74) is 4.01. The highest BCUT2D eigenvalue weighted by Crippen LogP contribution is 2.43. The first kappa shape index (κ1) is 55.7. The maximum Gasteiger partial charge on any atom is 0.257 e. The van der Waals surface area contributed by atoms with E-state index in [2.05, 4.69) is 50.1 Å². The van der Waals surface area contributed by atoms with E-state index >= 15 is 0 Å². The van der Waals surface area contributed by atoms with Crippen LogP contribution in [0.1, 0.15) is 128 Å². The Hall–Kier alpha value is -6.57. The molecule has 1 saturated heterocycles. The number of fused-ring (bicyclic) bond motifs is 2. The third kappa shape index (κ3) is 15.0. The molecule has 13 heteroatoms. The lowest BCUT2D eigenvalue weighted by molar-refractivity contribution is -0.116. The Balaban J connectivity index is 0.000000240. The summed E-state index contributed by atoms with van der Waals surface area (Å²) in [6, 6.07) is 30.1. The smallest absolute Gasteiger partial charge is 0.257 e. The standard InChI is InChI=1S/C34H47NO3S.C26H25N3O4S/c1-4-6-8-9-10-11-12-13-14-17-22-35-34(37)29-25-31(27-18-15-16-19-28(27)33(29)36)39-32-24-26(3)20-21-30(32)38-23-7-5-2;1-4-11-28-14-23(30)29(26(28)34)21-13-20(24(31)19-8-6-5-7-18(19)21)25(32)27-15-33-22-10-9-16(2)12-17(22)3/h15-16,18-21,24-25,36H,4-14,17,22-23H2,1-3H3,(H,35,37);4-10,12-13,31H,1,11,14-15H2,2-3H3,(H,27,32). The molecule has 0 radical (unpaired) electrons. The van der Waals surface area contributed by atoms with Crippen LogP contribution in [0, 0.1) is 20.8 Å². The summed E-state index contributed by atoms with van der Waals surface area (Å²) in [6.45, 7) is 15.9. The first-order valence-electron chi connectivity index (χ1n) is 25.8. The minimum atomic E-state index is -0.533. The van der Waals surface area contributed by atoms with Crippen LogP contribution in [0.2, 0.25) is 0 Å². The second-order valence-corrected chi connectivity index (χ2v) is 20.0. The van der Waals surface area contributed by atoms with E-state index in [1.54, 1.807) is 47.0 Å². The van der Waals surface area contributed by atoms with Gasteiger partial charge in [-0.1, -0.05) is 168 Å². The maximum absolute atomic E-state index is 13.2. The molecule has 73 heavy (non-hydrogen) atoms. The van der Waals surface area contributed by atoms with Gasteiger partial charge in [0.1, 0.15) is 29.5 Å². The van der Waals surface area contributed by atoms with Gasteiger partial charge in [-0.05, 0) is 92.7 Å². The predicted octanol–water partition coefficient (Wildman–Crippen LogP) is 13.9. The number of benzene rings is 6. The third-order valence-corrected chi connectivity index (χ3v) is 14.3. The number of anilines is 1. The monoisotopic (exact) mass is 1020 g/mol. The zero-order valence-corrected chi connectivity index (χ0v) is 44.8. The van der Waals surface area contributed by atoms with Crippen molar-refractivity contribution < 1.29 is 34.1 Å². The van der Waals surface area contributed by atoms with Crippen molar-refractivity contribution in [3.05, 3.63) is 138 Å². The summed E-state index contributed by atoms with van der Waals surface area (Å²) in [6.07, 6.45) is 16.3. The van der Waals surface area contributed by atoms with E-state index < -0.39 is 5.91 Å². The van der Waals surface area contributed by atoms with E-state index in [1.165, 1.54) is 62.3 Å². The average Bonchev–Trinajstić information content (AvgIpc) is 3.66. The van der Waals surface area contributed by atoms with Crippen molar-refractivity contribution in [1.29, 1.82) is 0 Å². The van der Waals surface area contributed by atoms with Gasteiger partial charge >= 0.3 is 0 Å². The number of nitrogens with zero attached hydrogens (tertiary/aromatic N) is 2. The summed E-state index contributed by atoms with van der Waals surface area (Å²) in [5, 5.41) is 30.6. The van der Waals surface area contributed by atoms with Crippen LogP contribution in [-0.4, -0.2) is 70.9 Å². The molecule has 0 unspecified atom stereocenters. The fraction of sp³-hybridized carbons (Fsp3) is 0.367. The Labute approximate surface area is 441 Å². The Kier molecular flexibility index (Phi) is 21.4. The molecule has 4 N–H and O–H groups in total. The molecule has 6 aromatic carbocycles. The number of unbranched alkanes of at least 4 members (excludes halogenated alkanes) is 10. The van der Waals surface area contributed by atoms with E-state index in [9.17, 15) is 24.6 Å². The van der Waals surface area contributed by atoms with E-state index in [0.29, 0.717) is 58.0 Å². The molecule has 0 saturated carbocycles. The molecule has 1 aliphatic rings. The summed E-state index contributed by atoms with van der Waals surface area (Å²) in [4.78, 5) is 44.1. The largest absolute Gasteiger partial charge is 0.506 e. The number of phenolic OH excluding ortho intramolecular Hbond substituents is 2. The second kappa shape index (κ2) is 28.0. The zero-order valence-electron chi connectivity index (χ0n) is 43.2. The van der Waals surface area contributed by atoms with Crippen molar-refractivity contribution >= 4 is 74.0 Å². The first-order chi connectivity index (χ1) is 35.4. The van der Waals surface area contributed by atoms with Gasteiger partial charge in [0.25, 0.3) is 17.7 Å². The van der Waals surface area contributed by atoms with Crippen molar-refractivity contribution in [3.8, 4) is 23.0 Å². The molecule has 0 aromatic heterocycles. The number of nitrogens with one attached hydrogen (secondary N) is 2. The Morgan fingerprint density at radius 3 is 1.88 bits per heavy atom. The summed E-state index contributed by atoms with van der Waals surface area (Å²) in [7, 11) is 0. The highest BCUT2D eigenvalue weighted by atomic mass is 32.2. The van der Waals surface area contributed by atoms with Crippen molar-refractivity contribution in [2.75, 3.05) is 37.9 Å². The van der Waals surface area contributed by atoms with Crippen LogP contribution in [0.25, 0.3) is 21.5 Å². The summed E-state index contributed by atoms with van der Waals surface area (Å²) in [5.74, 6) is 0.401. The van der Waals surface area contributed by atoms with Gasteiger partial charge in [0.15, 0.2) is 11.8 Å². The quantitative estimate of drug-likeness (QED) is 0.0190. The molecule has 1 fully saturated rings. The minimum absolute atomic E-state index is 0.0238. The van der Waals surface area contributed by atoms with Crippen LogP contribution in [0.4, 0.5) is 5.69 Å². The van der Waals surface area contributed by atoms with Gasteiger partial charge in [-0.15, -0.1) is 6.58 Å². The molecule has 11 nitrogen and oxygen atoms in total. The van der Waals surface area contributed by atoms with Gasteiger partial charge < -0.3 is 35.2 Å². The van der Waals surface area contributed by atoms with Gasteiger partial charge in [0.05, 0.1) is 28.3 Å². The highest BCUT2D eigenvalue weighted by Gasteiger charge is 2.35. The number of thiocarbonyl (C=S) groups is 1. The fourth-order valence-electron chi connectivity index (χ4n) is 8.77. The van der Waals surface area contributed by atoms with Crippen LogP contribution in [0.3, 0.4) is 0 Å². The van der Waals surface area contributed by atoms with Crippen LogP contribution < -0.4 is 25.0 Å². The van der Waals surface area contributed by atoms with Crippen molar-refractivity contribution in [2.24, 2.45) is 0 Å². The predicted molar refractivity (Wildman–Crippen MR) is 302 cm³/mol. The molecule has 0 atom stereocenters. The molecule has 3 amide bonds. The van der Waals surface area contributed by atoms with E-state index in [-0.39, 0.29) is 42.2 Å². The number of hydrogen-bond donors (Lipinski definition) is 4. The van der Waals surface area contributed by atoms with Gasteiger partial charge in [-0.3, -0.25) is 19.3 Å². The molecular formula is C60H72N4O7S2. The van der Waals surface area contributed by atoms with Gasteiger partial charge in [0, 0.05) is 34.1 Å². The minimum Gasteiger partial charge on any atom is -0.506 e. The number of amides is 3. The van der Waals surface area contributed by atoms with Crippen LogP contribution in [0.15, 0.2) is 120 Å². The fourth-order valence-corrected chi connectivity index (χ4v) is 10.3. The number of phenols is 2. The summed E-state index contributed by atoms with van der Waals surface area (Å²) < 4.78 is 11.8. The SMILES string of the molecule is C=CCN1CC(=O)N(c2cc(C(=O)NCOc3ccc(C)cc3C)c(O)c3ccccc23)C1=S.CCCCCCCCCCCCNC(=O)c1cc(Sc2cc(C)ccc2OCCCC)c2ccccc2c1O. The Bertz CT molecular complexity index is 2890. The molecule has 6 aromatic rings. The lowest BCUT2D eigenvalue weighted by Gasteiger charge is -2.22. The van der Waals surface area contributed by atoms with Gasteiger partial charge in [-0.2, -0.15) is 0 Å². The van der Waals surface area contributed by atoms with Gasteiger partial charge in [-0.25, -0.2) is 0 Å². The number of aromatic hydroxyl groups is 2. The number of ether oxygens (including phenoxy) is 2. The number of hydrogen-bond acceptors (Lipinski definition) is 9. The molecule has 0 spiro atoms. The Morgan fingerprint density at radius 1 is 0.671 bits per heavy atom. The number of aryl methyl sites for hydroxylation is 3. The number of carbonyl (C=O) groups excluding carboxylic acids is 3. The molecule has 386 valence electrons. The molecule has 1 aliphatic heterocycles. The zero-order chi connectivity index (χ0) is 52.3. The van der Waals surface area contributed by atoms with Crippen molar-refractivity contribution in [3.63, 3.8) is 0 Å². The normalized spacial score (nSPS) is 12.2. The van der Waals surface area contributed by atoms with Crippen LogP contribution >= 0.6 is 24.0 Å². The van der Waals surface area contributed by atoms with E-state index in [0.717, 1.165) is 63.3 Å². The summed E-state index contributed by atoms with van der Waals surface area (Å²) >= 11 is 7.12. The molecule has 0 aliphatic carbocycles. The Morgan fingerprint density at radius 2 is 1.23 bits per heavy atom. The van der Waals surface area contributed by atoms with E-state index in [1.807, 2.05) is 68.4 Å². The van der Waals surface area contributed by atoms with Crippen molar-refractivity contribution in [1.82, 2.24) is 15.5 Å². The van der Waals surface area contributed by atoms with Gasteiger partial charge in [0.2, 0.25) is 0 Å².